The average molecular weight is 387 g/mol. The summed E-state index contributed by atoms with van der Waals surface area (Å²) in [5, 5.41) is 0.826. The zero-order chi connectivity index (χ0) is 20.3. The quantitative estimate of drug-likeness (QED) is 0.586. The summed E-state index contributed by atoms with van der Waals surface area (Å²) in [5.74, 6) is -0.958. The van der Waals surface area contributed by atoms with Crippen LogP contribution in [-0.2, 0) is 14.3 Å². The van der Waals surface area contributed by atoms with Gasteiger partial charge >= 0.3 is 12.1 Å². The molecule has 0 spiro atoms. The third-order valence-electron chi connectivity index (χ3n) is 4.53. The van der Waals surface area contributed by atoms with Crippen molar-refractivity contribution in [1.29, 1.82) is 0 Å². The first-order valence-electron chi connectivity index (χ1n) is 9.39. The number of para-hydroxylation sites is 1. The zero-order valence-electron chi connectivity index (χ0n) is 16.4. The van der Waals surface area contributed by atoms with Crippen LogP contribution >= 0.6 is 0 Å². The third kappa shape index (κ3) is 4.91. The van der Waals surface area contributed by atoms with Crippen LogP contribution in [0.5, 0.6) is 0 Å². The van der Waals surface area contributed by atoms with Crippen LogP contribution in [0.2, 0.25) is 0 Å². The molecule has 3 rings (SSSR count). The van der Waals surface area contributed by atoms with Crippen molar-refractivity contribution >= 4 is 28.8 Å². The number of hydrogen-bond donors (Lipinski definition) is 0. The molecule has 0 N–H and O–H groups in total. The van der Waals surface area contributed by atoms with Gasteiger partial charge in [0.15, 0.2) is 12.4 Å². The molecule has 0 atom stereocenters. The van der Waals surface area contributed by atoms with Gasteiger partial charge in [-0.05, 0) is 45.7 Å². The van der Waals surface area contributed by atoms with E-state index in [0.29, 0.717) is 31.5 Å². The molecule has 1 amide bonds. The molecular formula is C21H25NO6. The largest absolute Gasteiger partial charge is 0.457 e. The van der Waals surface area contributed by atoms with E-state index in [1.54, 1.807) is 17.0 Å². The summed E-state index contributed by atoms with van der Waals surface area (Å²) in [6, 6.07) is 8.95. The molecule has 0 aliphatic carbocycles. The molecule has 1 aromatic carbocycles. The van der Waals surface area contributed by atoms with Crippen molar-refractivity contribution in [1.82, 2.24) is 4.90 Å². The smallest absolute Gasteiger partial charge is 0.410 e. The van der Waals surface area contributed by atoms with Gasteiger partial charge in [-0.25, -0.2) is 4.79 Å². The van der Waals surface area contributed by atoms with E-state index in [0.717, 1.165) is 5.39 Å². The Balaban J connectivity index is 1.47. The van der Waals surface area contributed by atoms with Crippen molar-refractivity contribution in [2.45, 2.75) is 39.2 Å². The lowest BCUT2D eigenvalue weighted by atomic mass is 9.97. The average Bonchev–Trinajstić information content (AvgIpc) is 3.09. The number of esters is 1. The fourth-order valence-electron chi connectivity index (χ4n) is 3.07. The molecule has 7 heteroatoms. The Bertz CT molecular complexity index is 837. The van der Waals surface area contributed by atoms with E-state index in [-0.39, 0.29) is 30.2 Å². The number of piperidine rings is 1. The van der Waals surface area contributed by atoms with Crippen LogP contribution in [0.25, 0.3) is 11.0 Å². The van der Waals surface area contributed by atoms with Crippen LogP contribution in [0.3, 0.4) is 0 Å². The highest BCUT2D eigenvalue weighted by atomic mass is 16.6. The van der Waals surface area contributed by atoms with E-state index >= 15 is 0 Å². The summed E-state index contributed by atoms with van der Waals surface area (Å²) in [6.45, 7) is 5.93. The minimum absolute atomic E-state index is 0.175. The predicted octanol–water partition coefficient (Wildman–Crippen LogP) is 3.81. The maximum absolute atomic E-state index is 12.3. The predicted molar refractivity (Wildman–Crippen MR) is 102 cm³/mol. The van der Waals surface area contributed by atoms with Crippen molar-refractivity contribution in [3.05, 3.63) is 36.1 Å². The van der Waals surface area contributed by atoms with Crippen LogP contribution in [0, 0.1) is 5.92 Å². The lowest BCUT2D eigenvalue weighted by Gasteiger charge is -2.32. The molecule has 1 aliphatic heterocycles. The minimum Gasteiger partial charge on any atom is -0.457 e. The van der Waals surface area contributed by atoms with Gasteiger partial charge in [0.2, 0.25) is 5.78 Å². The monoisotopic (exact) mass is 387 g/mol. The van der Waals surface area contributed by atoms with E-state index in [9.17, 15) is 14.4 Å². The molecule has 1 aliphatic rings. The van der Waals surface area contributed by atoms with Gasteiger partial charge in [0, 0.05) is 18.5 Å². The molecule has 0 bridgehead atoms. The summed E-state index contributed by atoms with van der Waals surface area (Å²) < 4.78 is 16.0. The second kappa shape index (κ2) is 8.04. The Kier molecular flexibility index (Phi) is 5.72. The number of fused-ring (bicyclic) bond motifs is 1. The van der Waals surface area contributed by atoms with E-state index in [2.05, 4.69) is 0 Å². The standard InChI is InChI=1S/C21H25NO6/c1-21(2,3)28-20(25)22-10-8-14(9-11-22)19(24)26-13-16(23)18-12-15-6-4-5-7-17(15)27-18/h4-7,12,14H,8-11,13H2,1-3H3. The molecule has 1 aromatic heterocycles. The Morgan fingerprint density at radius 3 is 2.46 bits per heavy atom. The molecular weight excluding hydrogens is 362 g/mol. The van der Waals surface area contributed by atoms with Gasteiger partial charge in [-0.1, -0.05) is 18.2 Å². The van der Waals surface area contributed by atoms with Crippen molar-refractivity contribution in [2.75, 3.05) is 19.7 Å². The van der Waals surface area contributed by atoms with Gasteiger partial charge in [-0.3, -0.25) is 9.59 Å². The maximum atomic E-state index is 12.3. The fourth-order valence-corrected chi connectivity index (χ4v) is 3.07. The molecule has 150 valence electrons. The second-order valence-electron chi connectivity index (χ2n) is 7.92. The van der Waals surface area contributed by atoms with Crippen LogP contribution in [0.4, 0.5) is 4.79 Å². The van der Waals surface area contributed by atoms with Gasteiger partial charge < -0.3 is 18.8 Å². The van der Waals surface area contributed by atoms with Crippen LogP contribution in [-0.4, -0.2) is 48.0 Å². The SMILES string of the molecule is CC(C)(C)OC(=O)N1CCC(C(=O)OCC(=O)c2cc3ccccc3o2)CC1. The zero-order valence-corrected chi connectivity index (χ0v) is 16.4. The molecule has 7 nitrogen and oxygen atoms in total. The number of Topliss-reactive ketones (excluding diaryl/α,β-unsaturated/α-hetero) is 1. The fraction of sp³-hybridized carbons (Fsp3) is 0.476. The number of ketones is 1. The number of ether oxygens (including phenoxy) is 2. The van der Waals surface area contributed by atoms with Gasteiger partial charge in [-0.2, -0.15) is 0 Å². The lowest BCUT2D eigenvalue weighted by Crippen LogP contribution is -2.43. The molecule has 0 radical (unpaired) electrons. The van der Waals surface area contributed by atoms with E-state index in [1.165, 1.54) is 0 Å². The number of nitrogens with zero attached hydrogens (tertiary/aromatic N) is 1. The normalized spacial score (nSPS) is 15.5. The number of likely N-dealkylation sites (tertiary alicyclic amines) is 1. The van der Waals surface area contributed by atoms with Crippen molar-refractivity contribution in [2.24, 2.45) is 5.92 Å². The summed E-state index contributed by atoms with van der Waals surface area (Å²) in [6.07, 6.45) is 0.591. The number of carbonyl (C=O) groups is 3. The van der Waals surface area contributed by atoms with Crippen molar-refractivity contribution < 1.29 is 28.3 Å². The number of hydrogen-bond acceptors (Lipinski definition) is 6. The van der Waals surface area contributed by atoms with Crippen LogP contribution in [0.15, 0.2) is 34.7 Å². The van der Waals surface area contributed by atoms with Gasteiger partial charge in [-0.15, -0.1) is 0 Å². The Morgan fingerprint density at radius 1 is 1.14 bits per heavy atom. The van der Waals surface area contributed by atoms with Gasteiger partial charge in [0.25, 0.3) is 0 Å². The molecule has 28 heavy (non-hydrogen) atoms. The maximum Gasteiger partial charge on any atom is 0.410 e. The molecule has 2 aromatic rings. The number of carbonyl (C=O) groups excluding carboxylic acids is 3. The first-order valence-corrected chi connectivity index (χ1v) is 9.39. The molecule has 1 fully saturated rings. The highest BCUT2D eigenvalue weighted by Crippen LogP contribution is 2.22. The lowest BCUT2D eigenvalue weighted by molar-refractivity contribution is -0.149. The number of benzene rings is 1. The van der Waals surface area contributed by atoms with E-state index < -0.39 is 11.6 Å². The highest BCUT2D eigenvalue weighted by molar-refractivity contribution is 5.99. The number of furan rings is 1. The summed E-state index contributed by atoms with van der Waals surface area (Å²) in [7, 11) is 0. The Hall–Kier alpha value is -2.83. The Labute approximate surface area is 163 Å². The third-order valence-corrected chi connectivity index (χ3v) is 4.53. The van der Waals surface area contributed by atoms with Gasteiger partial charge in [0.05, 0.1) is 5.92 Å². The van der Waals surface area contributed by atoms with Crippen LogP contribution < -0.4 is 0 Å². The number of rotatable bonds is 4. The molecule has 0 unspecified atom stereocenters. The first-order chi connectivity index (χ1) is 13.2. The van der Waals surface area contributed by atoms with Crippen molar-refractivity contribution in [3.63, 3.8) is 0 Å². The van der Waals surface area contributed by atoms with Crippen LogP contribution in [0.1, 0.15) is 44.2 Å². The van der Waals surface area contributed by atoms with Gasteiger partial charge in [0.1, 0.15) is 11.2 Å². The Morgan fingerprint density at radius 2 is 1.82 bits per heavy atom. The number of amides is 1. The van der Waals surface area contributed by atoms with E-state index in [4.69, 9.17) is 13.9 Å². The first kappa shape index (κ1) is 19.9. The highest BCUT2D eigenvalue weighted by Gasteiger charge is 2.31. The molecule has 0 saturated carbocycles. The second-order valence-corrected chi connectivity index (χ2v) is 7.92. The van der Waals surface area contributed by atoms with Crippen molar-refractivity contribution in [3.8, 4) is 0 Å². The summed E-state index contributed by atoms with van der Waals surface area (Å²) >= 11 is 0. The minimum atomic E-state index is -0.552. The summed E-state index contributed by atoms with van der Waals surface area (Å²) in [4.78, 5) is 38.2. The van der Waals surface area contributed by atoms with E-state index in [1.807, 2.05) is 39.0 Å². The summed E-state index contributed by atoms with van der Waals surface area (Å²) in [5.41, 5.74) is 0.0656. The molecule has 1 saturated heterocycles. The molecule has 2 heterocycles. The topological polar surface area (TPSA) is 86.0 Å².